The molecule has 0 aromatic rings. The molecule has 0 aliphatic heterocycles. The zero-order valence-electron chi connectivity index (χ0n) is 10.5. The van der Waals surface area contributed by atoms with Gasteiger partial charge in [0.2, 0.25) is 0 Å². The molecule has 1 unspecified atom stereocenters. The molecule has 0 spiro atoms. The zero-order chi connectivity index (χ0) is 12.2. The summed E-state index contributed by atoms with van der Waals surface area (Å²) in [6.45, 7) is 4.17. The van der Waals surface area contributed by atoms with Gasteiger partial charge in [0.15, 0.2) is 0 Å². The van der Waals surface area contributed by atoms with E-state index in [1.807, 2.05) is 6.92 Å². The lowest BCUT2D eigenvalue weighted by molar-refractivity contribution is -0.149. The fourth-order valence-corrected chi connectivity index (χ4v) is 1.52. The Hall–Kier alpha value is -0.860. The van der Waals surface area contributed by atoms with Crippen molar-refractivity contribution in [2.24, 2.45) is 0 Å². The molecule has 0 heterocycles. The molecule has 0 rings (SSSR count). The Morgan fingerprint density at radius 2 is 2.00 bits per heavy atom. The van der Waals surface area contributed by atoms with Crippen molar-refractivity contribution >= 4 is 12.3 Å². The maximum absolute atomic E-state index is 11.4. The monoisotopic (exact) mass is 228 g/mol. The minimum Gasteiger partial charge on any atom is -0.462 e. The number of carbonyl (C=O) groups is 2. The van der Waals surface area contributed by atoms with Gasteiger partial charge in [0.05, 0.1) is 0 Å². The van der Waals surface area contributed by atoms with Crippen LogP contribution in [0, 0.1) is 0 Å². The molecule has 0 N–H and O–H groups in total. The topological polar surface area (TPSA) is 43.4 Å². The van der Waals surface area contributed by atoms with E-state index in [0.29, 0.717) is 12.8 Å². The molecule has 0 radical (unpaired) electrons. The average Bonchev–Trinajstić information content (AvgIpc) is 2.30. The van der Waals surface area contributed by atoms with Gasteiger partial charge in [-0.1, -0.05) is 26.7 Å². The Kier molecular flexibility index (Phi) is 10.1. The van der Waals surface area contributed by atoms with Gasteiger partial charge in [0.1, 0.15) is 12.4 Å². The van der Waals surface area contributed by atoms with Crippen molar-refractivity contribution in [3.63, 3.8) is 0 Å². The Balaban J connectivity index is 3.61. The lowest BCUT2D eigenvalue weighted by Gasteiger charge is -2.15. The highest BCUT2D eigenvalue weighted by Crippen LogP contribution is 2.10. The van der Waals surface area contributed by atoms with Gasteiger partial charge in [-0.3, -0.25) is 4.79 Å². The summed E-state index contributed by atoms with van der Waals surface area (Å²) in [5.41, 5.74) is 0. The molecule has 0 aliphatic rings. The number of unbranched alkanes of at least 4 members (excludes halogenated alkanes) is 3. The molecule has 94 valence electrons. The maximum Gasteiger partial charge on any atom is 0.306 e. The summed E-state index contributed by atoms with van der Waals surface area (Å²) in [4.78, 5) is 21.5. The van der Waals surface area contributed by atoms with Crippen LogP contribution in [0.1, 0.15) is 65.2 Å². The lowest BCUT2D eigenvalue weighted by Crippen LogP contribution is -2.17. The fourth-order valence-electron chi connectivity index (χ4n) is 1.52. The van der Waals surface area contributed by atoms with Gasteiger partial charge in [-0.2, -0.15) is 0 Å². The molecule has 0 saturated heterocycles. The van der Waals surface area contributed by atoms with Gasteiger partial charge >= 0.3 is 5.97 Å². The molecule has 16 heavy (non-hydrogen) atoms. The van der Waals surface area contributed by atoms with E-state index in [0.717, 1.165) is 44.8 Å². The fraction of sp³-hybridized carbons (Fsp3) is 0.846. The minimum absolute atomic E-state index is 0.0820. The second kappa shape index (κ2) is 10.7. The van der Waals surface area contributed by atoms with E-state index in [-0.39, 0.29) is 12.1 Å². The van der Waals surface area contributed by atoms with Gasteiger partial charge in [-0.05, 0) is 25.7 Å². The first-order valence-electron chi connectivity index (χ1n) is 6.37. The van der Waals surface area contributed by atoms with E-state index in [4.69, 9.17) is 4.74 Å². The normalized spacial score (nSPS) is 12.1. The number of rotatable bonds is 10. The number of carbonyl (C=O) groups excluding carboxylic acids is 2. The summed E-state index contributed by atoms with van der Waals surface area (Å²) in [6, 6.07) is 0. The smallest absolute Gasteiger partial charge is 0.306 e. The molecule has 0 fully saturated rings. The molecule has 0 aromatic carbocycles. The van der Waals surface area contributed by atoms with Crippen molar-refractivity contribution in [1.29, 1.82) is 0 Å². The van der Waals surface area contributed by atoms with Crippen LogP contribution in [0.25, 0.3) is 0 Å². The Morgan fingerprint density at radius 1 is 1.25 bits per heavy atom. The van der Waals surface area contributed by atoms with E-state index in [2.05, 4.69) is 6.92 Å². The van der Waals surface area contributed by atoms with Crippen LogP contribution in [0.4, 0.5) is 0 Å². The number of ether oxygens (including phenoxy) is 1. The van der Waals surface area contributed by atoms with Gasteiger partial charge in [-0.25, -0.2) is 0 Å². The van der Waals surface area contributed by atoms with Crippen molar-refractivity contribution in [1.82, 2.24) is 0 Å². The second-order valence-corrected chi connectivity index (χ2v) is 4.07. The first-order valence-corrected chi connectivity index (χ1v) is 6.37. The van der Waals surface area contributed by atoms with E-state index >= 15 is 0 Å². The molecule has 0 aliphatic carbocycles. The van der Waals surface area contributed by atoms with Gasteiger partial charge in [-0.15, -0.1) is 0 Å². The highest BCUT2D eigenvalue weighted by molar-refractivity contribution is 5.69. The molecule has 3 heteroatoms. The van der Waals surface area contributed by atoms with E-state index in [9.17, 15) is 9.59 Å². The minimum atomic E-state index is -0.117. The van der Waals surface area contributed by atoms with Crippen LogP contribution in [0.3, 0.4) is 0 Å². The third-order valence-corrected chi connectivity index (χ3v) is 2.59. The lowest BCUT2D eigenvalue weighted by atomic mass is 10.1. The van der Waals surface area contributed by atoms with Crippen molar-refractivity contribution in [2.75, 3.05) is 0 Å². The number of hydrogen-bond acceptors (Lipinski definition) is 3. The molecule has 0 amide bonds. The number of esters is 1. The summed E-state index contributed by atoms with van der Waals surface area (Å²) < 4.78 is 5.35. The van der Waals surface area contributed by atoms with Crippen molar-refractivity contribution in [3.05, 3.63) is 0 Å². The molecule has 0 saturated carbocycles. The largest absolute Gasteiger partial charge is 0.462 e. The van der Waals surface area contributed by atoms with Crippen molar-refractivity contribution in [2.45, 2.75) is 71.3 Å². The summed E-state index contributed by atoms with van der Waals surface area (Å²) in [5.74, 6) is -0.117. The van der Waals surface area contributed by atoms with Crippen LogP contribution in [0.5, 0.6) is 0 Å². The second-order valence-electron chi connectivity index (χ2n) is 4.07. The summed E-state index contributed by atoms with van der Waals surface area (Å²) >= 11 is 0. The number of aldehydes is 1. The highest BCUT2D eigenvalue weighted by Gasteiger charge is 2.11. The Morgan fingerprint density at radius 3 is 2.56 bits per heavy atom. The van der Waals surface area contributed by atoms with Crippen molar-refractivity contribution in [3.8, 4) is 0 Å². The predicted octanol–water partition coefficient (Wildman–Crippen LogP) is 3.26. The van der Waals surface area contributed by atoms with Gasteiger partial charge in [0, 0.05) is 12.8 Å². The quantitative estimate of drug-likeness (QED) is 0.327. The molecule has 0 aromatic heterocycles. The van der Waals surface area contributed by atoms with E-state index in [1.54, 1.807) is 0 Å². The van der Waals surface area contributed by atoms with Crippen molar-refractivity contribution < 1.29 is 14.3 Å². The Bertz CT molecular complexity index is 190. The van der Waals surface area contributed by atoms with Gasteiger partial charge < -0.3 is 9.53 Å². The zero-order valence-corrected chi connectivity index (χ0v) is 10.5. The number of hydrogen-bond donors (Lipinski definition) is 0. The highest BCUT2D eigenvalue weighted by atomic mass is 16.5. The van der Waals surface area contributed by atoms with E-state index < -0.39 is 0 Å². The standard InChI is InChI=1S/C13H24O3/c1-3-5-9-12(4-2)16-13(15)10-7-6-8-11-14/h11-12H,3-10H2,1-2H3. The molecule has 3 nitrogen and oxygen atoms in total. The van der Waals surface area contributed by atoms with Crippen LogP contribution in [-0.2, 0) is 14.3 Å². The average molecular weight is 228 g/mol. The molecular weight excluding hydrogens is 204 g/mol. The Labute approximate surface area is 98.6 Å². The first kappa shape index (κ1) is 15.1. The molecule has 0 bridgehead atoms. The first-order chi connectivity index (χ1) is 7.74. The third kappa shape index (κ3) is 8.45. The molecular formula is C13H24O3. The molecule has 1 atom stereocenters. The maximum atomic E-state index is 11.4. The third-order valence-electron chi connectivity index (χ3n) is 2.59. The SMILES string of the molecule is CCCCC(CC)OC(=O)CCCCC=O. The summed E-state index contributed by atoms with van der Waals surface area (Å²) in [5, 5.41) is 0. The van der Waals surface area contributed by atoms with Crippen LogP contribution < -0.4 is 0 Å². The van der Waals surface area contributed by atoms with Crippen LogP contribution in [-0.4, -0.2) is 18.4 Å². The van der Waals surface area contributed by atoms with Crippen LogP contribution in [0.2, 0.25) is 0 Å². The van der Waals surface area contributed by atoms with Gasteiger partial charge in [0.25, 0.3) is 0 Å². The van der Waals surface area contributed by atoms with E-state index in [1.165, 1.54) is 0 Å². The summed E-state index contributed by atoms with van der Waals surface area (Å²) in [6.07, 6.45) is 7.58. The summed E-state index contributed by atoms with van der Waals surface area (Å²) in [7, 11) is 0. The van der Waals surface area contributed by atoms with Crippen LogP contribution in [0.15, 0.2) is 0 Å². The van der Waals surface area contributed by atoms with Crippen LogP contribution >= 0.6 is 0 Å². The predicted molar refractivity (Wildman–Crippen MR) is 64.2 cm³/mol.